The maximum Gasteiger partial charge on any atom is 0.260 e. The van der Waals surface area contributed by atoms with Gasteiger partial charge in [-0.3, -0.25) is 4.79 Å². The lowest BCUT2D eigenvalue weighted by atomic mass is 9.90. The van der Waals surface area contributed by atoms with E-state index in [2.05, 4.69) is 10.3 Å². The molecule has 3 rings (SSSR count). The maximum atomic E-state index is 12.5. The number of aryl methyl sites for hydroxylation is 1. The summed E-state index contributed by atoms with van der Waals surface area (Å²) in [5.74, 6) is 0.534. The minimum atomic E-state index is -1.16. The number of carbonyl (C=O) groups is 1. The van der Waals surface area contributed by atoms with Gasteiger partial charge in [-0.15, -0.1) is 5.10 Å². The average molecular weight is 358 g/mol. The van der Waals surface area contributed by atoms with Gasteiger partial charge in [-0.05, 0) is 51.3 Å². The van der Waals surface area contributed by atoms with Crippen LogP contribution in [0, 0.1) is 6.92 Å². The van der Waals surface area contributed by atoms with Crippen molar-refractivity contribution in [3.63, 3.8) is 0 Å². The van der Waals surface area contributed by atoms with Crippen LogP contribution in [-0.2, 0) is 10.4 Å². The molecule has 0 unspecified atom stereocenters. The Labute approximate surface area is 153 Å². The summed E-state index contributed by atoms with van der Waals surface area (Å²) in [6.45, 7) is 6.75. The molecule has 140 valence electrons. The van der Waals surface area contributed by atoms with Crippen molar-refractivity contribution < 1.29 is 14.6 Å². The van der Waals surface area contributed by atoms with Gasteiger partial charge < -0.3 is 14.7 Å². The maximum absolute atomic E-state index is 12.5. The molecule has 0 bridgehead atoms. The molecule has 7 nitrogen and oxygen atoms in total. The highest BCUT2D eigenvalue weighted by atomic mass is 16.5. The van der Waals surface area contributed by atoms with E-state index in [-0.39, 0.29) is 25.1 Å². The van der Waals surface area contributed by atoms with E-state index in [9.17, 15) is 9.90 Å². The van der Waals surface area contributed by atoms with Crippen molar-refractivity contribution in [1.82, 2.24) is 19.9 Å². The lowest BCUT2D eigenvalue weighted by Gasteiger charge is -2.37. The quantitative estimate of drug-likeness (QED) is 0.885. The van der Waals surface area contributed by atoms with Gasteiger partial charge in [-0.25, -0.2) is 4.68 Å². The first-order valence-corrected chi connectivity index (χ1v) is 8.99. The Hall–Kier alpha value is -2.41. The number of hydrogen-bond acceptors (Lipinski definition) is 5. The molecule has 26 heavy (non-hydrogen) atoms. The molecule has 1 saturated heterocycles. The summed E-state index contributed by atoms with van der Waals surface area (Å²) in [7, 11) is 0. The molecule has 1 amide bonds. The zero-order valence-electron chi connectivity index (χ0n) is 15.6. The average Bonchev–Trinajstić information content (AvgIpc) is 3.11. The number of aromatic nitrogens is 3. The molecule has 0 aliphatic carbocycles. The topological polar surface area (TPSA) is 80.5 Å². The van der Waals surface area contributed by atoms with E-state index in [1.54, 1.807) is 15.8 Å². The number of nitrogens with zero attached hydrogens (tertiary/aromatic N) is 4. The highest BCUT2D eigenvalue weighted by Gasteiger charge is 2.39. The van der Waals surface area contributed by atoms with Gasteiger partial charge in [0.15, 0.2) is 6.61 Å². The van der Waals surface area contributed by atoms with Crippen LogP contribution < -0.4 is 4.74 Å². The normalized spacial score (nSPS) is 20.4. The lowest BCUT2D eigenvalue weighted by Crippen LogP contribution is -2.50. The number of carbonyl (C=O) groups excluding carboxylic acids is 1. The third-order valence-electron chi connectivity index (χ3n) is 4.69. The Bertz CT molecular complexity index is 774. The van der Waals surface area contributed by atoms with Crippen molar-refractivity contribution in [3.8, 4) is 5.75 Å². The third kappa shape index (κ3) is 4.04. The van der Waals surface area contributed by atoms with E-state index >= 15 is 0 Å². The summed E-state index contributed by atoms with van der Waals surface area (Å²) >= 11 is 0. The minimum Gasteiger partial charge on any atom is -0.484 e. The largest absolute Gasteiger partial charge is 0.484 e. The van der Waals surface area contributed by atoms with E-state index in [1.165, 1.54) is 0 Å². The molecule has 7 heteroatoms. The lowest BCUT2D eigenvalue weighted by molar-refractivity contribution is -0.141. The van der Waals surface area contributed by atoms with Crippen LogP contribution in [0.15, 0.2) is 30.5 Å². The summed E-state index contributed by atoms with van der Waals surface area (Å²) in [5, 5.41) is 19.2. The second-order valence-electron chi connectivity index (χ2n) is 7.23. The Balaban J connectivity index is 1.64. The highest BCUT2D eigenvalue weighted by molar-refractivity contribution is 5.78. The molecule has 1 aliphatic rings. The van der Waals surface area contributed by atoms with E-state index in [4.69, 9.17) is 4.74 Å². The number of ether oxygens (including phenoxy) is 1. The van der Waals surface area contributed by atoms with Crippen molar-refractivity contribution in [2.75, 3.05) is 19.7 Å². The molecule has 1 atom stereocenters. The molecule has 1 aliphatic heterocycles. The van der Waals surface area contributed by atoms with Gasteiger partial charge in [-0.1, -0.05) is 17.3 Å². The standard InChI is InChI=1S/C19H26N4O3/c1-14(2)23-11-17(20-21-23)19(25)8-5-9-22(13-19)18(24)12-26-16-7-4-6-15(3)10-16/h4,6-7,10-11,14,25H,5,8-9,12-13H2,1-3H3/t19-/m0/s1. The third-order valence-corrected chi connectivity index (χ3v) is 4.69. The Kier molecular flexibility index (Phi) is 5.27. The first kappa shape index (κ1) is 18.4. The van der Waals surface area contributed by atoms with E-state index in [0.29, 0.717) is 30.8 Å². The smallest absolute Gasteiger partial charge is 0.260 e. The van der Waals surface area contributed by atoms with E-state index in [0.717, 1.165) is 5.56 Å². The van der Waals surface area contributed by atoms with Crippen LogP contribution in [0.2, 0.25) is 0 Å². The van der Waals surface area contributed by atoms with Crippen LogP contribution >= 0.6 is 0 Å². The van der Waals surface area contributed by atoms with E-state index in [1.807, 2.05) is 45.0 Å². The molecule has 1 fully saturated rings. The molecule has 2 aromatic rings. The van der Waals surface area contributed by atoms with Crippen molar-refractivity contribution in [2.45, 2.75) is 45.3 Å². The van der Waals surface area contributed by atoms with Crippen LogP contribution in [0.1, 0.15) is 44.0 Å². The van der Waals surface area contributed by atoms with Crippen LogP contribution in [0.5, 0.6) is 5.75 Å². The summed E-state index contributed by atoms with van der Waals surface area (Å²) in [5.41, 5.74) is 0.434. The van der Waals surface area contributed by atoms with Gasteiger partial charge in [0.1, 0.15) is 17.0 Å². The van der Waals surface area contributed by atoms with Gasteiger partial charge in [-0.2, -0.15) is 0 Å². The van der Waals surface area contributed by atoms with Crippen molar-refractivity contribution >= 4 is 5.91 Å². The van der Waals surface area contributed by atoms with Crippen molar-refractivity contribution in [2.24, 2.45) is 0 Å². The summed E-state index contributed by atoms with van der Waals surface area (Å²) in [4.78, 5) is 14.2. The van der Waals surface area contributed by atoms with Gasteiger partial charge in [0.05, 0.1) is 12.7 Å². The van der Waals surface area contributed by atoms with Gasteiger partial charge in [0.25, 0.3) is 5.91 Å². The number of aliphatic hydroxyl groups is 1. The second kappa shape index (κ2) is 7.45. The second-order valence-corrected chi connectivity index (χ2v) is 7.23. The first-order chi connectivity index (χ1) is 12.4. The number of benzene rings is 1. The zero-order chi connectivity index (χ0) is 18.7. The number of amides is 1. The molecular formula is C19H26N4O3. The predicted molar refractivity (Wildman–Crippen MR) is 96.8 cm³/mol. The van der Waals surface area contributed by atoms with Crippen LogP contribution in [-0.4, -0.2) is 50.6 Å². The summed E-state index contributed by atoms with van der Waals surface area (Å²) in [6.07, 6.45) is 3.04. The fourth-order valence-corrected chi connectivity index (χ4v) is 3.14. The molecule has 1 N–H and O–H groups in total. The van der Waals surface area contributed by atoms with Crippen LogP contribution in [0.25, 0.3) is 0 Å². The number of hydrogen-bond donors (Lipinski definition) is 1. The minimum absolute atomic E-state index is 0.0434. The first-order valence-electron chi connectivity index (χ1n) is 8.99. The molecule has 1 aromatic carbocycles. The zero-order valence-corrected chi connectivity index (χ0v) is 15.6. The number of piperidine rings is 1. The summed E-state index contributed by atoms with van der Waals surface area (Å²) < 4.78 is 7.32. The Morgan fingerprint density at radius 1 is 1.42 bits per heavy atom. The molecule has 2 heterocycles. The summed E-state index contributed by atoms with van der Waals surface area (Å²) in [6, 6.07) is 7.77. The van der Waals surface area contributed by atoms with E-state index < -0.39 is 5.60 Å². The SMILES string of the molecule is Cc1cccc(OCC(=O)N2CCC[C@@](O)(c3cn(C(C)C)nn3)C2)c1. The molecule has 0 saturated carbocycles. The highest BCUT2D eigenvalue weighted by Crippen LogP contribution is 2.30. The Morgan fingerprint density at radius 2 is 2.23 bits per heavy atom. The van der Waals surface area contributed by atoms with Gasteiger partial charge in [0.2, 0.25) is 0 Å². The number of β-amino-alcohol motifs (C(OH)–C–C–N with tert-alkyl or cyclic N) is 1. The van der Waals surface area contributed by atoms with Crippen molar-refractivity contribution in [3.05, 3.63) is 41.7 Å². The monoisotopic (exact) mass is 358 g/mol. The molecular weight excluding hydrogens is 332 g/mol. The van der Waals surface area contributed by atoms with Crippen molar-refractivity contribution in [1.29, 1.82) is 0 Å². The fourth-order valence-electron chi connectivity index (χ4n) is 3.14. The van der Waals surface area contributed by atoms with Gasteiger partial charge >= 0.3 is 0 Å². The predicted octanol–water partition coefficient (Wildman–Crippen LogP) is 2.06. The molecule has 0 radical (unpaired) electrons. The fraction of sp³-hybridized carbons (Fsp3) is 0.526. The van der Waals surface area contributed by atoms with Gasteiger partial charge in [0, 0.05) is 12.6 Å². The molecule has 0 spiro atoms. The number of likely N-dealkylation sites (tertiary alicyclic amines) is 1. The molecule has 1 aromatic heterocycles. The number of rotatable bonds is 5. The van der Waals surface area contributed by atoms with Crippen LogP contribution in [0.3, 0.4) is 0 Å². The van der Waals surface area contributed by atoms with Crippen LogP contribution in [0.4, 0.5) is 0 Å². The Morgan fingerprint density at radius 3 is 2.92 bits per heavy atom.